The van der Waals surface area contributed by atoms with Gasteiger partial charge < -0.3 is 14.2 Å². The van der Waals surface area contributed by atoms with Crippen LogP contribution in [0, 0.1) is 10.1 Å². The van der Waals surface area contributed by atoms with Gasteiger partial charge in [0.2, 0.25) is 5.75 Å². The number of fused-ring (bicyclic) bond motifs is 1. The van der Waals surface area contributed by atoms with Crippen LogP contribution in [-0.2, 0) is 16.7 Å². The lowest BCUT2D eigenvalue weighted by molar-refractivity contribution is -0.385. The van der Waals surface area contributed by atoms with Gasteiger partial charge in [0, 0.05) is 24.0 Å². The topological polar surface area (TPSA) is 146 Å². The standard InChI is InChI=1S/C21H13ClF3N5O6S/c22-15-7-12(4-5-18(15)35-10-13-3-1-2-6-26-13)29-20-14-8-17(30(31)32)19(9-16(14)27-11-28-20)36-37(33,34)21(23,24)25/h1-9,11H,10H2,(H,27,28,29). The summed E-state index contributed by atoms with van der Waals surface area (Å²) >= 11 is 6.29. The van der Waals surface area contributed by atoms with Crippen molar-refractivity contribution in [2.45, 2.75) is 12.1 Å². The molecule has 0 atom stereocenters. The molecule has 2 aromatic heterocycles. The lowest BCUT2D eigenvalue weighted by Gasteiger charge is -2.13. The van der Waals surface area contributed by atoms with Gasteiger partial charge in [0.25, 0.3) is 0 Å². The second-order valence-corrected chi connectivity index (χ2v) is 9.12. The summed E-state index contributed by atoms with van der Waals surface area (Å²) in [6.07, 6.45) is 2.64. The Morgan fingerprint density at radius 2 is 1.84 bits per heavy atom. The van der Waals surface area contributed by atoms with Crippen molar-refractivity contribution in [1.29, 1.82) is 0 Å². The van der Waals surface area contributed by atoms with Crippen molar-refractivity contribution in [2.75, 3.05) is 5.32 Å². The molecule has 0 spiro atoms. The maximum Gasteiger partial charge on any atom is 0.534 e. The number of nitro groups is 1. The van der Waals surface area contributed by atoms with Gasteiger partial charge in [-0.3, -0.25) is 15.1 Å². The third kappa shape index (κ3) is 5.78. The first-order chi connectivity index (χ1) is 17.4. The molecule has 0 aliphatic heterocycles. The summed E-state index contributed by atoms with van der Waals surface area (Å²) in [6.45, 7) is 0.169. The van der Waals surface area contributed by atoms with Crippen molar-refractivity contribution in [2.24, 2.45) is 0 Å². The molecule has 0 aliphatic rings. The van der Waals surface area contributed by atoms with Crippen LogP contribution in [0.3, 0.4) is 0 Å². The highest BCUT2D eigenvalue weighted by atomic mass is 35.5. The number of halogens is 4. The summed E-state index contributed by atoms with van der Waals surface area (Å²) in [4.78, 5) is 22.4. The highest BCUT2D eigenvalue weighted by Gasteiger charge is 2.49. The molecule has 0 saturated carbocycles. The summed E-state index contributed by atoms with van der Waals surface area (Å²) in [5, 5.41) is 14.6. The maximum atomic E-state index is 12.7. The van der Waals surface area contributed by atoms with E-state index in [0.29, 0.717) is 23.2 Å². The van der Waals surface area contributed by atoms with E-state index in [2.05, 4.69) is 24.5 Å². The molecule has 11 nitrogen and oxygen atoms in total. The van der Waals surface area contributed by atoms with Crippen LogP contribution < -0.4 is 14.2 Å². The molecule has 0 aliphatic carbocycles. The molecule has 0 radical (unpaired) electrons. The van der Waals surface area contributed by atoms with E-state index in [-0.39, 0.29) is 28.4 Å². The summed E-state index contributed by atoms with van der Waals surface area (Å²) in [5.41, 5.74) is -5.90. The number of hydrogen-bond donors (Lipinski definition) is 1. The summed E-state index contributed by atoms with van der Waals surface area (Å²) < 4.78 is 70.6. The van der Waals surface area contributed by atoms with Gasteiger partial charge in [-0.25, -0.2) is 9.97 Å². The first-order valence-electron chi connectivity index (χ1n) is 9.98. The largest absolute Gasteiger partial charge is 0.534 e. The predicted molar refractivity (Wildman–Crippen MR) is 125 cm³/mol. The molecular weight excluding hydrogens is 543 g/mol. The molecule has 16 heteroatoms. The molecule has 0 amide bonds. The number of pyridine rings is 1. The van der Waals surface area contributed by atoms with E-state index in [4.69, 9.17) is 16.3 Å². The molecule has 192 valence electrons. The van der Waals surface area contributed by atoms with Gasteiger partial charge in [0.05, 0.1) is 26.5 Å². The number of nitrogens with zero attached hydrogens (tertiary/aromatic N) is 4. The van der Waals surface area contributed by atoms with Gasteiger partial charge >= 0.3 is 21.3 Å². The summed E-state index contributed by atoms with van der Waals surface area (Å²) in [6, 6.07) is 11.5. The zero-order valence-electron chi connectivity index (χ0n) is 18.1. The molecule has 2 aromatic carbocycles. The number of nitrogens with one attached hydrogen (secondary N) is 1. The van der Waals surface area contributed by atoms with Crippen molar-refractivity contribution in [1.82, 2.24) is 15.0 Å². The Balaban J connectivity index is 1.63. The summed E-state index contributed by atoms with van der Waals surface area (Å²) in [7, 11) is -6.16. The number of aromatic nitrogens is 3. The normalized spacial score (nSPS) is 11.8. The SMILES string of the molecule is O=[N+]([O-])c1cc2c(Nc3ccc(OCc4ccccn4)c(Cl)c3)ncnc2cc1OS(=O)(=O)C(F)(F)F. The number of nitro benzene ring substituents is 1. The smallest absolute Gasteiger partial charge is 0.486 e. The van der Waals surface area contributed by atoms with E-state index in [1.807, 2.05) is 0 Å². The van der Waals surface area contributed by atoms with Gasteiger partial charge in [-0.2, -0.15) is 21.6 Å². The average Bonchev–Trinajstić information content (AvgIpc) is 2.83. The fourth-order valence-electron chi connectivity index (χ4n) is 3.01. The van der Waals surface area contributed by atoms with Crippen molar-refractivity contribution in [3.05, 3.63) is 81.9 Å². The summed E-state index contributed by atoms with van der Waals surface area (Å²) in [5.74, 6) is -0.776. The lowest BCUT2D eigenvalue weighted by atomic mass is 10.2. The fourth-order valence-corrected chi connectivity index (χ4v) is 3.71. The van der Waals surface area contributed by atoms with Crippen LogP contribution in [0.1, 0.15) is 5.69 Å². The van der Waals surface area contributed by atoms with Crippen molar-refractivity contribution in [3.8, 4) is 11.5 Å². The van der Waals surface area contributed by atoms with Gasteiger partial charge in [-0.05, 0) is 30.3 Å². The van der Waals surface area contributed by atoms with E-state index in [1.54, 1.807) is 36.5 Å². The highest BCUT2D eigenvalue weighted by Crippen LogP contribution is 2.38. The molecule has 37 heavy (non-hydrogen) atoms. The van der Waals surface area contributed by atoms with E-state index in [9.17, 15) is 31.7 Å². The highest BCUT2D eigenvalue weighted by molar-refractivity contribution is 7.88. The molecule has 4 rings (SSSR count). The third-order valence-corrected chi connectivity index (χ3v) is 5.95. The molecule has 2 heterocycles. The molecule has 1 N–H and O–H groups in total. The first-order valence-corrected chi connectivity index (χ1v) is 11.8. The number of anilines is 2. The van der Waals surface area contributed by atoms with Crippen molar-refractivity contribution in [3.63, 3.8) is 0 Å². The van der Waals surface area contributed by atoms with E-state index in [1.165, 1.54) is 6.07 Å². The van der Waals surface area contributed by atoms with Crippen LogP contribution in [0.4, 0.5) is 30.4 Å². The molecule has 0 bridgehead atoms. The molecular formula is C21H13ClF3N5O6S. The van der Waals surface area contributed by atoms with Crippen LogP contribution in [0.5, 0.6) is 11.5 Å². The molecule has 0 fully saturated rings. The first kappa shape index (κ1) is 25.8. The maximum absolute atomic E-state index is 12.7. The average molecular weight is 556 g/mol. The monoisotopic (exact) mass is 555 g/mol. The Morgan fingerprint density at radius 3 is 2.49 bits per heavy atom. The van der Waals surface area contributed by atoms with Crippen molar-refractivity contribution < 1.29 is 35.4 Å². The second kappa shape index (κ2) is 10.0. The van der Waals surface area contributed by atoms with E-state index >= 15 is 0 Å². The van der Waals surface area contributed by atoms with Gasteiger partial charge in [0.1, 0.15) is 24.5 Å². The minimum atomic E-state index is -6.16. The zero-order valence-corrected chi connectivity index (χ0v) is 19.7. The van der Waals surface area contributed by atoms with Crippen LogP contribution >= 0.6 is 11.6 Å². The Hall–Kier alpha value is -4.24. The predicted octanol–water partition coefficient (Wildman–Crippen LogP) is 5.14. The van der Waals surface area contributed by atoms with Gasteiger partial charge in [-0.1, -0.05) is 17.7 Å². The number of hydrogen-bond acceptors (Lipinski definition) is 10. The number of rotatable bonds is 8. The Morgan fingerprint density at radius 1 is 1.05 bits per heavy atom. The Bertz CT molecular complexity index is 1590. The number of benzene rings is 2. The molecule has 4 aromatic rings. The van der Waals surface area contributed by atoms with Crippen molar-refractivity contribution >= 4 is 49.8 Å². The molecule has 0 saturated heterocycles. The van der Waals surface area contributed by atoms with E-state index < -0.39 is 32.0 Å². The minimum absolute atomic E-state index is 0.00226. The van der Waals surface area contributed by atoms with Gasteiger partial charge in [-0.15, -0.1) is 0 Å². The molecule has 0 unspecified atom stereocenters. The van der Waals surface area contributed by atoms with Crippen LogP contribution in [0.25, 0.3) is 10.9 Å². The Labute approximate surface area is 211 Å². The third-order valence-electron chi connectivity index (χ3n) is 4.69. The van der Waals surface area contributed by atoms with Crippen LogP contribution in [0.15, 0.2) is 61.1 Å². The number of ether oxygens (including phenoxy) is 1. The zero-order chi connectivity index (χ0) is 26.8. The number of alkyl halides is 3. The quantitative estimate of drug-likeness (QED) is 0.134. The lowest BCUT2D eigenvalue weighted by Crippen LogP contribution is -2.28. The van der Waals surface area contributed by atoms with Crippen LogP contribution in [-0.4, -0.2) is 33.8 Å². The minimum Gasteiger partial charge on any atom is -0.486 e. The van der Waals surface area contributed by atoms with Gasteiger partial charge in [0.15, 0.2) is 0 Å². The Kier molecular flexibility index (Phi) is 7.00. The second-order valence-electron chi connectivity index (χ2n) is 7.18. The fraction of sp³-hybridized carbons (Fsp3) is 0.0952. The van der Waals surface area contributed by atoms with E-state index in [0.717, 1.165) is 12.4 Å². The van der Waals surface area contributed by atoms with Crippen LogP contribution in [0.2, 0.25) is 5.02 Å².